The predicted molar refractivity (Wildman–Crippen MR) is 92.2 cm³/mol. The molecule has 1 amide bonds. The molecule has 1 aromatic heterocycles. The maximum atomic E-state index is 14.7. The Labute approximate surface area is 150 Å². The van der Waals surface area contributed by atoms with Crippen LogP contribution in [0.3, 0.4) is 0 Å². The number of hydrogen-bond donors (Lipinski definition) is 1. The molecule has 25 heavy (non-hydrogen) atoms. The van der Waals surface area contributed by atoms with Crippen molar-refractivity contribution in [1.29, 1.82) is 0 Å². The fourth-order valence-corrected chi connectivity index (χ4v) is 2.72. The normalized spacial score (nSPS) is 22.2. The molecule has 1 aliphatic heterocycles. The molecule has 1 saturated heterocycles. The van der Waals surface area contributed by atoms with Gasteiger partial charge >= 0.3 is 0 Å². The number of anilines is 1. The van der Waals surface area contributed by atoms with Crippen molar-refractivity contribution < 1.29 is 18.6 Å². The van der Waals surface area contributed by atoms with Crippen LogP contribution >= 0.6 is 11.9 Å². The van der Waals surface area contributed by atoms with Crippen molar-refractivity contribution in [3.8, 4) is 5.88 Å². The summed E-state index contributed by atoms with van der Waals surface area (Å²) in [6.45, 7) is 2.02. The first-order valence-corrected chi connectivity index (χ1v) is 8.08. The van der Waals surface area contributed by atoms with Crippen molar-refractivity contribution >= 4 is 23.7 Å². The van der Waals surface area contributed by atoms with E-state index >= 15 is 0 Å². The van der Waals surface area contributed by atoms with Crippen LogP contribution in [-0.2, 0) is 4.79 Å². The lowest BCUT2D eigenvalue weighted by Gasteiger charge is -2.37. The highest BCUT2D eigenvalue weighted by Gasteiger charge is 2.40. The molecule has 1 fully saturated rings. The molecule has 0 spiro atoms. The highest BCUT2D eigenvalue weighted by Crippen LogP contribution is 2.26. The third kappa shape index (κ3) is 4.46. The Balaban J connectivity index is 0.00000109. The predicted octanol–water partition coefficient (Wildman–Crippen LogP) is 1.49. The maximum absolute atomic E-state index is 14.7. The number of amides is 1. The van der Waals surface area contributed by atoms with Crippen LogP contribution in [-0.4, -0.2) is 64.4 Å². The molecule has 1 unspecified atom stereocenters. The smallest absolute Gasteiger partial charge is 0.264 e. The highest BCUT2D eigenvalue weighted by molar-refractivity contribution is 6.04. The molecule has 0 bridgehead atoms. The van der Waals surface area contributed by atoms with E-state index in [0.717, 1.165) is 0 Å². The van der Waals surface area contributed by atoms with Crippen LogP contribution in [0.5, 0.6) is 5.88 Å². The summed E-state index contributed by atoms with van der Waals surface area (Å²) in [5.74, 6) is 0.589. The Bertz CT molecular complexity index is 650. The molecule has 2 aliphatic rings. The van der Waals surface area contributed by atoms with Gasteiger partial charge in [-0.2, -0.15) is 4.98 Å². The first-order valence-electron chi connectivity index (χ1n) is 7.74. The Morgan fingerprint density at radius 1 is 1.32 bits per heavy atom. The molecule has 0 radical (unpaired) electrons. The summed E-state index contributed by atoms with van der Waals surface area (Å²) in [6, 6.07) is 1.68. The minimum atomic E-state index is -1.91. The van der Waals surface area contributed by atoms with Crippen molar-refractivity contribution in [3.05, 3.63) is 36.6 Å². The zero-order valence-corrected chi connectivity index (χ0v) is 14.6. The van der Waals surface area contributed by atoms with Crippen molar-refractivity contribution in [3.63, 3.8) is 0 Å². The van der Waals surface area contributed by atoms with E-state index in [9.17, 15) is 9.18 Å². The summed E-state index contributed by atoms with van der Waals surface area (Å²) >= 11 is 3.64. The van der Waals surface area contributed by atoms with Crippen molar-refractivity contribution in [1.82, 2.24) is 14.9 Å². The van der Waals surface area contributed by atoms with Crippen LogP contribution in [0.4, 0.5) is 10.3 Å². The van der Waals surface area contributed by atoms with Gasteiger partial charge in [0.15, 0.2) is 0 Å². The first kappa shape index (κ1) is 19.1. The zero-order chi connectivity index (χ0) is 18.3. The number of piperazine rings is 1. The molecule has 7 nitrogen and oxygen atoms in total. The number of methoxy groups -OCH3 is 1. The topological polar surface area (TPSA) is 78.8 Å². The number of rotatable bonds is 3. The molecular formula is C16H20ClFN4O3. The van der Waals surface area contributed by atoms with Gasteiger partial charge in [-0.3, -0.25) is 9.45 Å². The van der Waals surface area contributed by atoms with Gasteiger partial charge in [0.2, 0.25) is 17.5 Å². The van der Waals surface area contributed by atoms with E-state index in [2.05, 4.69) is 21.8 Å². The second-order valence-electron chi connectivity index (χ2n) is 5.53. The van der Waals surface area contributed by atoms with Gasteiger partial charge in [0.05, 0.1) is 19.0 Å². The minimum Gasteiger partial charge on any atom is -0.481 e. The Kier molecular flexibility index (Phi) is 6.72. The lowest BCUT2D eigenvalue weighted by Crippen LogP contribution is -2.54. The number of alkyl halides is 1. The number of hydrogen-bond acceptors (Lipinski definition) is 6. The van der Waals surface area contributed by atoms with Gasteiger partial charge in [-0.25, -0.2) is 9.37 Å². The summed E-state index contributed by atoms with van der Waals surface area (Å²) in [5.41, 5.74) is -1.91. The summed E-state index contributed by atoms with van der Waals surface area (Å²) in [5, 5.41) is 0. The van der Waals surface area contributed by atoms with Crippen LogP contribution in [0, 0.1) is 0 Å². The van der Waals surface area contributed by atoms with Gasteiger partial charge in [0.25, 0.3) is 5.91 Å². The molecule has 9 heteroatoms. The minimum absolute atomic E-state index is 0.0988. The molecule has 3 rings (SSSR count). The molecule has 1 N–H and O–H groups in total. The third-order valence-electron chi connectivity index (χ3n) is 4.05. The van der Waals surface area contributed by atoms with E-state index in [1.807, 2.05) is 4.90 Å². The van der Waals surface area contributed by atoms with Crippen LogP contribution in [0.25, 0.3) is 0 Å². The lowest BCUT2D eigenvalue weighted by molar-refractivity contribution is -0.141. The van der Waals surface area contributed by atoms with E-state index < -0.39 is 11.6 Å². The fraction of sp³-hybridized carbons (Fsp3) is 0.438. The number of ether oxygens (including phenoxy) is 1. The number of allylic oxidation sites excluding steroid dienone is 3. The second-order valence-corrected chi connectivity index (χ2v) is 5.53. The van der Waals surface area contributed by atoms with E-state index in [0.29, 0.717) is 38.0 Å². The monoisotopic (exact) mass is 370 g/mol. The number of carbonyl (C=O) groups excluding carboxylic acids is 1. The van der Waals surface area contributed by atoms with Gasteiger partial charge in [-0.05, 0) is 6.08 Å². The molecule has 1 aromatic rings. The maximum Gasteiger partial charge on any atom is 0.264 e. The highest BCUT2D eigenvalue weighted by atomic mass is 35.5. The number of aromatic nitrogens is 2. The van der Waals surface area contributed by atoms with Gasteiger partial charge < -0.3 is 14.5 Å². The zero-order valence-electron chi connectivity index (χ0n) is 13.8. The molecular weight excluding hydrogens is 351 g/mol. The molecule has 136 valence electrons. The van der Waals surface area contributed by atoms with Crippen molar-refractivity contribution in [2.24, 2.45) is 0 Å². The summed E-state index contributed by atoms with van der Waals surface area (Å²) in [7, 11) is 1.55. The average Bonchev–Trinajstić information content (AvgIpc) is 2.69. The van der Waals surface area contributed by atoms with Crippen LogP contribution in [0.1, 0.15) is 6.42 Å². The van der Waals surface area contributed by atoms with Gasteiger partial charge in [0.1, 0.15) is 0 Å². The van der Waals surface area contributed by atoms with Crippen LogP contribution in [0.2, 0.25) is 0 Å². The summed E-state index contributed by atoms with van der Waals surface area (Å²) < 4.78 is 26.2. The quantitative estimate of drug-likeness (QED) is 0.868. The van der Waals surface area contributed by atoms with Gasteiger partial charge in [0, 0.05) is 44.9 Å². The standard InChI is InChI=1S/C16H19FN4O2.ClHO/c1-23-13-5-8-18-15(19-13)21-11-9-20(10-12-21)14(22)16(17)6-3-2-4-7-16;1-2/h2-6,8H,7,9-12H2,1H3;2H. The lowest BCUT2D eigenvalue weighted by atomic mass is 9.95. The summed E-state index contributed by atoms with van der Waals surface area (Å²) in [4.78, 5) is 24.5. The largest absolute Gasteiger partial charge is 0.481 e. The molecule has 0 aromatic carbocycles. The van der Waals surface area contributed by atoms with Gasteiger partial charge in [-0.15, -0.1) is 0 Å². The van der Waals surface area contributed by atoms with Crippen LogP contribution in [0.15, 0.2) is 36.6 Å². The fourth-order valence-electron chi connectivity index (χ4n) is 2.72. The Morgan fingerprint density at radius 3 is 2.64 bits per heavy atom. The average molecular weight is 371 g/mol. The van der Waals surface area contributed by atoms with E-state index in [1.165, 1.54) is 6.08 Å². The van der Waals surface area contributed by atoms with Crippen molar-refractivity contribution in [2.75, 3.05) is 38.2 Å². The molecule has 1 aliphatic carbocycles. The van der Waals surface area contributed by atoms with Crippen molar-refractivity contribution in [2.45, 2.75) is 12.1 Å². The Morgan fingerprint density at radius 2 is 2.04 bits per heavy atom. The number of nitrogens with zero attached hydrogens (tertiary/aromatic N) is 4. The van der Waals surface area contributed by atoms with Crippen LogP contribution < -0.4 is 9.64 Å². The Hall–Kier alpha value is -2.19. The SMILES string of the molecule is COc1ccnc(N2CCN(C(=O)C3(F)C=CC=CC3)CC2)n1.OCl. The van der Waals surface area contributed by atoms with E-state index in [4.69, 9.17) is 9.40 Å². The second kappa shape index (κ2) is 8.77. The third-order valence-corrected chi connectivity index (χ3v) is 4.05. The van der Waals surface area contributed by atoms with E-state index in [-0.39, 0.29) is 6.42 Å². The summed E-state index contributed by atoms with van der Waals surface area (Å²) in [6.07, 6.45) is 8.09. The molecule has 0 saturated carbocycles. The molecule has 2 heterocycles. The number of halogens is 2. The van der Waals surface area contributed by atoms with Gasteiger partial charge in [-0.1, -0.05) is 18.2 Å². The first-order chi connectivity index (χ1) is 12.1. The van der Waals surface area contributed by atoms with E-state index in [1.54, 1.807) is 42.5 Å². The number of carbonyl (C=O) groups is 1. The molecule has 1 atom stereocenters.